The van der Waals surface area contributed by atoms with Gasteiger partial charge in [0.25, 0.3) is 0 Å². The second-order valence-corrected chi connectivity index (χ2v) is 6.86. The van der Waals surface area contributed by atoms with Gasteiger partial charge in [0.1, 0.15) is 5.75 Å². The van der Waals surface area contributed by atoms with Gasteiger partial charge >= 0.3 is 0 Å². The van der Waals surface area contributed by atoms with Gasteiger partial charge in [-0.15, -0.1) is 0 Å². The molecule has 1 unspecified atom stereocenters. The number of nitrogens with zero attached hydrogens (tertiary/aromatic N) is 2. The first-order valence-electron chi connectivity index (χ1n) is 8.52. The summed E-state index contributed by atoms with van der Waals surface area (Å²) in [5, 5.41) is 0.688. The van der Waals surface area contributed by atoms with Crippen molar-refractivity contribution in [2.24, 2.45) is 5.92 Å². The number of carbonyl (C=O) groups excluding carboxylic acids is 1. The van der Waals surface area contributed by atoms with E-state index >= 15 is 0 Å². The van der Waals surface area contributed by atoms with Crippen LogP contribution in [0.5, 0.6) is 5.75 Å². The van der Waals surface area contributed by atoms with Crippen molar-refractivity contribution in [2.45, 2.75) is 26.2 Å². The molecule has 1 amide bonds. The fraction of sp³-hybridized carbons (Fsp3) is 0.400. The second-order valence-electron chi connectivity index (χ2n) is 6.42. The summed E-state index contributed by atoms with van der Waals surface area (Å²) in [5.41, 5.74) is 0.965. The number of likely N-dealkylation sites (N-methyl/N-ethyl adjacent to an activating group) is 1. The molecule has 1 aromatic heterocycles. The third-order valence-electron chi connectivity index (χ3n) is 4.07. The van der Waals surface area contributed by atoms with Crippen LogP contribution in [0, 0.1) is 5.92 Å². The highest BCUT2D eigenvalue weighted by Crippen LogP contribution is 2.25. The standard InChI is InChI=1S/C20H25ClN2O2/c1-15(2)19(16-6-4-11-22-14-16)20(24)23(3)12-5-13-25-18-9-7-17(21)8-10-18/h4,6-11,14-15,19H,5,12-13H2,1-3H3. The van der Waals surface area contributed by atoms with Crippen LogP contribution in [-0.4, -0.2) is 36.0 Å². The average molecular weight is 361 g/mol. The van der Waals surface area contributed by atoms with E-state index in [-0.39, 0.29) is 17.7 Å². The maximum absolute atomic E-state index is 12.8. The molecule has 5 heteroatoms. The van der Waals surface area contributed by atoms with Gasteiger partial charge in [-0.2, -0.15) is 0 Å². The molecule has 2 aromatic rings. The van der Waals surface area contributed by atoms with Crippen LogP contribution < -0.4 is 4.74 Å². The van der Waals surface area contributed by atoms with Crippen LogP contribution in [0.15, 0.2) is 48.8 Å². The average Bonchev–Trinajstić information content (AvgIpc) is 2.60. The Kier molecular flexibility index (Phi) is 7.26. The summed E-state index contributed by atoms with van der Waals surface area (Å²) in [6.45, 7) is 5.33. The maximum atomic E-state index is 12.8. The first kappa shape index (κ1) is 19.3. The van der Waals surface area contributed by atoms with Crippen molar-refractivity contribution < 1.29 is 9.53 Å². The van der Waals surface area contributed by atoms with E-state index < -0.39 is 0 Å². The fourth-order valence-corrected chi connectivity index (χ4v) is 2.87. The number of rotatable bonds is 8. The lowest BCUT2D eigenvalue weighted by Crippen LogP contribution is -2.35. The van der Waals surface area contributed by atoms with Crippen LogP contribution in [-0.2, 0) is 4.79 Å². The van der Waals surface area contributed by atoms with E-state index in [2.05, 4.69) is 18.8 Å². The van der Waals surface area contributed by atoms with E-state index in [9.17, 15) is 4.79 Å². The van der Waals surface area contributed by atoms with E-state index in [4.69, 9.17) is 16.3 Å². The number of benzene rings is 1. The Morgan fingerprint density at radius 2 is 1.96 bits per heavy atom. The molecule has 25 heavy (non-hydrogen) atoms. The summed E-state index contributed by atoms with van der Waals surface area (Å²) < 4.78 is 5.68. The van der Waals surface area contributed by atoms with E-state index in [1.807, 2.05) is 31.3 Å². The molecule has 0 aliphatic heterocycles. The maximum Gasteiger partial charge on any atom is 0.230 e. The van der Waals surface area contributed by atoms with E-state index in [0.717, 1.165) is 17.7 Å². The van der Waals surface area contributed by atoms with E-state index in [0.29, 0.717) is 18.2 Å². The van der Waals surface area contributed by atoms with Crippen molar-refractivity contribution >= 4 is 17.5 Å². The normalized spacial score (nSPS) is 12.0. The molecule has 2 rings (SSSR count). The number of carbonyl (C=O) groups is 1. The Morgan fingerprint density at radius 3 is 2.56 bits per heavy atom. The molecule has 0 aliphatic rings. The fourth-order valence-electron chi connectivity index (χ4n) is 2.74. The largest absolute Gasteiger partial charge is 0.494 e. The van der Waals surface area contributed by atoms with Crippen LogP contribution in [0.2, 0.25) is 5.02 Å². The zero-order valence-corrected chi connectivity index (χ0v) is 15.7. The van der Waals surface area contributed by atoms with Crippen molar-refractivity contribution in [1.29, 1.82) is 0 Å². The Morgan fingerprint density at radius 1 is 1.24 bits per heavy atom. The van der Waals surface area contributed by atoms with Crippen LogP contribution >= 0.6 is 11.6 Å². The van der Waals surface area contributed by atoms with Crippen molar-refractivity contribution in [3.63, 3.8) is 0 Å². The Bertz CT molecular complexity index is 659. The quantitative estimate of drug-likeness (QED) is 0.655. The Labute approximate surface area is 154 Å². The molecular weight excluding hydrogens is 336 g/mol. The van der Waals surface area contributed by atoms with E-state index in [1.54, 1.807) is 29.4 Å². The third-order valence-corrected chi connectivity index (χ3v) is 4.32. The van der Waals surface area contributed by atoms with Crippen LogP contribution in [0.4, 0.5) is 0 Å². The van der Waals surface area contributed by atoms with Crippen LogP contribution in [0.3, 0.4) is 0 Å². The van der Waals surface area contributed by atoms with Gasteiger partial charge in [-0.3, -0.25) is 9.78 Å². The summed E-state index contributed by atoms with van der Waals surface area (Å²) in [5.74, 6) is 0.948. The first-order chi connectivity index (χ1) is 12.0. The number of pyridine rings is 1. The summed E-state index contributed by atoms with van der Waals surface area (Å²) in [4.78, 5) is 18.8. The first-order valence-corrected chi connectivity index (χ1v) is 8.90. The number of hydrogen-bond acceptors (Lipinski definition) is 3. The summed E-state index contributed by atoms with van der Waals surface area (Å²) in [7, 11) is 1.84. The predicted molar refractivity (Wildman–Crippen MR) is 101 cm³/mol. The molecule has 0 radical (unpaired) electrons. The smallest absolute Gasteiger partial charge is 0.230 e. The molecule has 1 aromatic carbocycles. The molecule has 0 saturated heterocycles. The van der Waals surface area contributed by atoms with Gasteiger partial charge in [-0.1, -0.05) is 31.5 Å². The number of hydrogen-bond donors (Lipinski definition) is 0. The second kappa shape index (κ2) is 9.42. The van der Waals surface area contributed by atoms with Gasteiger partial charge in [0.15, 0.2) is 0 Å². The third kappa shape index (κ3) is 5.75. The lowest BCUT2D eigenvalue weighted by atomic mass is 9.88. The summed E-state index contributed by atoms with van der Waals surface area (Å²) in [6.07, 6.45) is 4.27. The van der Waals surface area contributed by atoms with Crippen molar-refractivity contribution in [3.05, 3.63) is 59.4 Å². The molecule has 134 valence electrons. The molecule has 0 saturated carbocycles. The molecule has 1 heterocycles. The lowest BCUT2D eigenvalue weighted by Gasteiger charge is -2.26. The minimum Gasteiger partial charge on any atom is -0.494 e. The molecule has 0 fully saturated rings. The highest BCUT2D eigenvalue weighted by atomic mass is 35.5. The van der Waals surface area contributed by atoms with Crippen LogP contribution in [0.25, 0.3) is 0 Å². The highest BCUT2D eigenvalue weighted by molar-refractivity contribution is 6.30. The molecule has 4 nitrogen and oxygen atoms in total. The Balaban J connectivity index is 1.85. The number of aromatic nitrogens is 1. The highest BCUT2D eigenvalue weighted by Gasteiger charge is 2.26. The number of ether oxygens (including phenoxy) is 1. The monoisotopic (exact) mass is 360 g/mol. The predicted octanol–water partition coefficient (Wildman–Crippen LogP) is 4.40. The van der Waals surface area contributed by atoms with Gasteiger partial charge in [-0.25, -0.2) is 0 Å². The topological polar surface area (TPSA) is 42.4 Å². The number of amides is 1. The molecule has 0 bridgehead atoms. The molecule has 1 atom stereocenters. The van der Waals surface area contributed by atoms with Crippen molar-refractivity contribution in [1.82, 2.24) is 9.88 Å². The van der Waals surface area contributed by atoms with Gasteiger partial charge < -0.3 is 9.64 Å². The number of halogens is 1. The van der Waals surface area contributed by atoms with Gasteiger partial charge in [0.2, 0.25) is 5.91 Å². The molecule has 0 N–H and O–H groups in total. The molecular formula is C20H25ClN2O2. The summed E-state index contributed by atoms with van der Waals surface area (Å²) >= 11 is 5.85. The van der Waals surface area contributed by atoms with Gasteiger partial charge in [0, 0.05) is 31.0 Å². The zero-order valence-electron chi connectivity index (χ0n) is 15.0. The van der Waals surface area contributed by atoms with Crippen molar-refractivity contribution in [2.75, 3.05) is 20.2 Å². The molecule has 0 aliphatic carbocycles. The van der Waals surface area contributed by atoms with Crippen LogP contribution in [0.1, 0.15) is 31.7 Å². The zero-order chi connectivity index (χ0) is 18.2. The van der Waals surface area contributed by atoms with E-state index in [1.165, 1.54) is 0 Å². The van der Waals surface area contributed by atoms with Gasteiger partial charge in [-0.05, 0) is 48.2 Å². The molecule has 0 spiro atoms. The lowest BCUT2D eigenvalue weighted by molar-refractivity contribution is -0.132. The van der Waals surface area contributed by atoms with Gasteiger partial charge in [0.05, 0.1) is 12.5 Å². The van der Waals surface area contributed by atoms with Crippen molar-refractivity contribution in [3.8, 4) is 5.75 Å². The SMILES string of the molecule is CC(C)C(C(=O)N(C)CCCOc1ccc(Cl)cc1)c1cccnc1. The summed E-state index contributed by atoms with van der Waals surface area (Å²) in [6, 6.07) is 11.1. The minimum atomic E-state index is -0.170. The minimum absolute atomic E-state index is 0.120. The Hall–Kier alpha value is -2.07.